The summed E-state index contributed by atoms with van der Waals surface area (Å²) in [5.41, 5.74) is 8.77. The number of anilines is 2. The van der Waals surface area contributed by atoms with Gasteiger partial charge in [-0.05, 0) is 43.4 Å². The van der Waals surface area contributed by atoms with Crippen LogP contribution < -0.4 is 11.1 Å². The van der Waals surface area contributed by atoms with Gasteiger partial charge >= 0.3 is 5.97 Å². The number of rotatable bonds is 4. The molecule has 1 aliphatic rings. The van der Waals surface area contributed by atoms with Gasteiger partial charge < -0.3 is 15.8 Å². The summed E-state index contributed by atoms with van der Waals surface area (Å²) >= 11 is 1.42. The zero-order valence-electron chi connectivity index (χ0n) is 13.7. The van der Waals surface area contributed by atoms with Crippen LogP contribution in [-0.2, 0) is 22.4 Å². The van der Waals surface area contributed by atoms with E-state index in [9.17, 15) is 14.9 Å². The van der Waals surface area contributed by atoms with Gasteiger partial charge in [-0.3, -0.25) is 4.79 Å². The zero-order chi connectivity index (χ0) is 18.0. The topological polar surface area (TPSA) is 105 Å². The predicted molar refractivity (Wildman–Crippen MR) is 95.6 cm³/mol. The number of ether oxygens (including phenoxy) is 1. The molecule has 25 heavy (non-hydrogen) atoms. The van der Waals surface area contributed by atoms with Crippen LogP contribution in [0, 0.1) is 18.3 Å². The Kier molecular flexibility index (Phi) is 4.72. The molecule has 0 saturated heterocycles. The molecule has 0 aliphatic heterocycles. The van der Waals surface area contributed by atoms with Gasteiger partial charge in [0.25, 0.3) is 5.91 Å². The van der Waals surface area contributed by atoms with Crippen molar-refractivity contribution in [3.63, 3.8) is 0 Å². The Bertz CT molecular complexity index is 896. The molecule has 128 valence electrons. The van der Waals surface area contributed by atoms with E-state index in [4.69, 9.17) is 10.5 Å². The Morgan fingerprint density at radius 2 is 2.20 bits per heavy atom. The summed E-state index contributed by atoms with van der Waals surface area (Å²) in [7, 11) is 0. The largest absolute Gasteiger partial charge is 0.452 e. The Balaban J connectivity index is 1.63. The molecule has 1 aromatic carbocycles. The number of carbonyl (C=O) groups is 2. The lowest BCUT2D eigenvalue weighted by molar-refractivity contribution is -0.119. The normalized spacial score (nSPS) is 12.3. The van der Waals surface area contributed by atoms with E-state index in [0.29, 0.717) is 16.3 Å². The van der Waals surface area contributed by atoms with Crippen molar-refractivity contribution in [2.45, 2.75) is 26.2 Å². The van der Waals surface area contributed by atoms with Gasteiger partial charge in [-0.2, -0.15) is 5.26 Å². The van der Waals surface area contributed by atoms with E-state index in [-0.39, 0.29) is 5.56 Å². The number of hydrogen-bond acceptors (Lipinski definition) is 6. The lowest BCUT2D eigenvalue weighted by atomic mass is 10.1. The van der Waals surface area contributed by atoms with E-state index in [1.807, 2.05) is 0 Å². The van der Waals surface area contributed by atoms with Crippen LogP contribution in [-0.4, -0.2) is 18.5 Å². The fraction of sp³-hybridized carbons (Fsp3) is 0.278. The molecule has 2 aromatic rings. The van der Waals surface area contributed by atoms with E-state index in [1.54, 1.807) is 25.1 Å². The second kappa shape index (κ2) is 6.95. The average molecular weight is 355 g/mol. The maximum absolute atomic E-state index is 12.1. The minimum absolute atomic E-state index is 0.237. The molecule has 0 spiro atoms. The van der Waals surface area contributed by atoms with Crippen LogP contribution in [0.5, 0.6) is 0 Å². The molecule has 0 radical (unpaired) electrons. The number of aryl methyl sites for hydroxylation is 2. The number of para-hydroxylation sites is 1. The number of fused-ring (bicyclic) bond motifs is 1. The first-order chi connectivity index (χ1) is 12.0. The first kappa shape index (κ1) is 17.0. The van der Waals surface area contributed by atoms with Gasteiger partial charge in [0, 0.05) is 10.6 Å². The van der Waals surface area contributed by atoms with Crippen LogP contribution in [0.25, 0.3) is 0 Å². The lowest BCUT2D eigenvalue weighted by Gasteiger charge is -2.09. The standard InChI is InChI=1S/C18H17N3O3S/c1-10-4-2-6-12(16(10)20)18(23)24-9-15(22)21-17-13(8-19)11-5-3-7-14(11)25-17/h2,4,6H,3,5,7,9,20H2,1H3,(H,21,22). The van der Waals surface area contributed by atoms with Gasteiger partial charge in [0.1, 0.15) is 11.1 Å². The zero-order valence-corrected chi connectivity index (χ0v) is 14.5. The Labute approximate surface area is 149 Å². The second-order valence-corrected chi connectivity index (χ2v) is 6.94. The molecule has 6 nitrogen and oxygen atoms in total. The summed E-state index contributed by atoms with van der Waals surface area (Å²) < 4.78 is 5.04. The molecule has 1 heterocycles. The molecule has 1 amide bonds. The van der Waals surface area contributed by atoms with E-state index < -0.39 is 18.5 Å². The Hall–Kier alpha value is -2.85. The molecule has 1 aliphatic carbocycles. The van der Waals surface area contributed by atoms with Crippen LogP contribution in [0.3, 0.4) is 0 Å². The highest BCUT2D eigenvalue weighted by atomic mass is 32.1. The van der Waals surface area contributed by atoms with Crippen molar-refractivity contribution in [1.82, 2.24) is 0 Å². The van der Waals surface area contributed by atoms with E-state index in [2.05, 4.69) is 11.4 Å². The molecule has 1 aromatic heterocycles. The molecular weight excluding hydrogens is 338 g/mol. The van der Waals surface area contributed by atoms with Crippen LogP contribution in [0.2, 0.25) is 0 Å². The third kappa shape index (κ3) is 3.35. The number of nitrogens with zero attached hydrogens (tertiary/aromatic N) is 1. The number of nitrogens with one attached hydrogen (secondary N) is 1. The number of benzene rings is 1. The number of hydrogen-bond donors (Lipinski definition) is 2. The van der Waals surface area contributed by atoms with Gasteiger partial charge in [0.2, 0.25) is 0 Å². The van der Waals surface area contributed by atoms with Crippen LogP contribution in [0.15, 0.2) is 18.2 Å². The van der Waals surface area contributed by atoms with Gasteiger partial charge in [-0.25, -0.2) is 4.79 Å². The maximum atomic E-state index is 12.1. The fourth-order valence-electron chi connectivity index (χ4n) is 2.84. The third-order valence-corrected chi connectivity index (χ3v) is 5.37. The second-order valence-electron chi connectivity index (χ2n) is 5.83. The smallest absolute Gasteiger partial charge is 0.340 e. The number of amides is 1. The van der Waals surface area contributed by atoms with E-state index in [0.717, 1.165) is 35.3 Å². The van der Waals surface area contributed by atoms with Gasteiger partial charge in [-0.15, -0.1) is 11.3 Å². The summed E-state index contributed by atoms with van der Waals surface area (Å²) in [5, 5.41) is 12.5. The number of nitrogens with two attached hydrogens (primary N) is 1. The molecule has 0 bridgehead atoms. The quantitative estimate of drug-likeness (QED) is 0.648. The number of nitriles is 1. The number of esters is 1. The van der Waals surface area contributed by atoms with Crippen molar-refractivity contribution in [3.8, 4) is 6.07 Å². The Morgan fingerprint density at radius 1 is 1.40 bits per heavy atom. The minimum Gasteiger partial charge on any atom is -0.452 e. The lowest BCUT2D eigenvalue weighted by Crippen LogP contribution is -2.21. The van der Waals surface area contributed by atoms with E-state index >= 15 is 0 Å². The predicted octanol–water partition coefficient (Wildman–Crippen LogP) is 2.79. The van der Waals surface area contributed by atoms with Crippen molar-refractivity contribution in [3.05, 3.63) is 45.3 Å². The molecule has 3 N–H and O–H groups in total. The van der Waals surface area contributed by atoms with Crippen molar-refractivity contribution >= 4 is 33.9 Å². The average Bonchev–Trinajstić information content (AvgIpc) is 3.15. The van der Waals surface area contributed by atoms with Crippen LogP contribution >= 0.6 is 11.3 Å². The molecule has 3 rings (SSSR count). The summed E-state index contributed by atoms with van der Waals surface area (Å²) in [6.45, 7) is 1.36. The highest BCUT2D eigenvalue weighted by Gasteiger charge is 2.23. The van der Waals surface area contributed by atoms with Crippen molar-refractivity contribution in [1.29, 1.82) is 5.26 Å². The number of carbonyl (C=O) groups excluding carboxylic acids is 2. The molecular formula is C18H17N3O3S. The maximum Gasteiger partial charge on any atom is 0.340 e. The number of thiophene rings is 1. The molecule has 0 fully saturated rings. The van der Waals surface area contributed by atoms with Crippen LogP contribution in [0.4, 0.5) is 10.7 Å². The fourth-order valence-corrected chi connectivity index (χ4v) is 4.10. The Morgan fingerprint density at radius 3 is 2.96 bits per heavy atom. The van der Waals surface area contributed by atoms with Crippen molar-refractivity contribution in [2.75, 3.05) is 17.7 Å². The molecule has 0 saturated carbocycles. The van der Waals surface area contributed by atoms with Crippen molar-refractivity contribution in [2.24, 2.45) is 0 Å². The molecule has 0 unspecified atom stereocenters. The minimum atomic E-state index is -0.648. The van der Waals surface area contributed by atoms with Crippen LogP contribution in [0.1, 0.15) is 38.3 Å². The summed E-state index contributed by atoms with van der Waals surface area (Å²) in [6.07, 6.45) is 2.85. The number of nitrogen functional groups attached to an aromatic ring is 1. The highest BCUT2D eigenvalue weighted by Crippen LogP contribution is 2.38. The van der Waals surface area contributed by atoms with Gasteiger partial charge in [0.05, 0.1) is 11.1 Å². The molecule has 0 atom stereocenters. The summed E-state index contributed by atoms with van der Waals surface area (Å²) in [5.74, 6) is -1.12. The SMILES string of the molecule is Cc1cccc(C(=O)OCC(=O)Nc2sc3c(c2C#N)CCC3)c1N. The summed E-state index contributed by atoms with van der Waals surface area (Å²) in [6, 6.07) is 7.21. The summed E-state index contributed by atoms with van der Waals surface area (Å²) in [4.78, 5) is 25.3. The van der Waals surface area contributed by atoms with Gasteiger partial charge in [0.15, 0.2) is 6.61 Å². The third-order valence-electron chi connectivity index (χ3n) is 4.16. The highest BCUT2D eigenvalue weighted by molar-refractivity contribution is 7.16. The molecule has 7 heteroatoms. The first-order valence-corrected chi connectivity index (χ1v) is 8.69. The van der Waals surface area contributed by atoms with Crippen molar-refractivity contribution < 1.29 is 14.3 Å². The van der Waals surface area contributed by atoms with E-state index in [1.165, 1.54) is 11.3 Å². The monoisotopic (exact) mass is 355 g/mol. The van der Waals surface area contributed by atoms with Gasteiger partial charge in [-0.1, -0.05) is 12.1 Å². The first-order valence-electron chi connectivity index (χ1n) is 7.88.